The lowest BCUT2D eigenvalue weighted by Gasteiger charge is -2.38. The minimum Gasteiger partial charge on any atom is -0.491 e. The molecule has 0 N–H and O–H groups in total. The summed E-state index contributed by atoms with van der Waals surface area (Å²) in [5.74, 6) is 2.96. The summed E-state index contributed by atoms with van der Waals surface area (Å²) in [6, 6.07) is 31.3. The van der Waals surface area contributed by atoms with E-state index in [-0.39, 0.29) is 0 Å². The fourth-order valence-electron chi connectivity index (χ4n) is 5.15. The van der Waals surface area contributed by atoms with Crippen LogP contribution < -0.4 is 14.2 Å². The van der Waals surface area contributed by atoms with Crippen LogP contribution in [0.3, 0.4) is 0 Å². The van der Waals surface area contributed by atoms with Gasteiger partial charge >= 0.3 is 0 Å². The van der Waals surface area contributed by atoms with E-state index in [9.17, 15) is 0 Å². The quantitative estimate of drug-likeness (QED) is 0.118. The van der Waals surface area contributed by atoms with Gasteiger partial charge in [-0.2, -0.15) is 0 Å². The predicted octanol–water partition coefficient (Wildman–Crippen LogP) is 7.98. The van der Waals surface area contributed by atoms with Gasteiger partial charge in [-0.1, -0.05) is 78.9 Å². The first-order valence-electron chi connectivity index (χ1n) is 13.9. The molecule has 0 saturated carbocycles. The van der Waals surface area contributed by atoms with E-state index in [1.54, 1.807) is 12.2 Å². The van der Waals surface area contributed by atoms with E-state index in [0.717, 1.165) is 34.1 Å². The van der Waals surface area contributed by atoms with Crippen molar-refractivity contribution in [2.45, 2.75) is 12.3 Å². The van der Waals surface area contributed by atoms with Crippen LogP contribution in [-0.4, -0.2) is 39.6 Å². The van der Waals surface area contributed by atoms with Crippen molar-refractivity contribution in [3.8, 4) is 34.1 Å². The third-order valence-corrected chi connectivity index (χ3v) is 7.24. The largest absolute Gasteiger partial charge is 0.491 e. The maximum Gasteiger partial charge on any atom is 0.135 e. The summed E-state index contributed by atoms with van der Waals surface area (Å²) in [4.78, 5) is 0. The highest BCUT2D eigenvalue weighted by Crippen LogP contribution is 2.53. The minimum atomic E-state index is -0.463. The third kappa shape index (κ3) is 6.37. The molecule has 1 heterocycles. The molecule has 41 heavy (non-hydrogen) atoms. The molecule has 0 fully saturated rings. The lowest BCUT2D eigenvalue weighted by molar-refractivity contribution is 0.121. The van der Waals surface area contributed by atoms with Crippen LogP contribution in [0.4, 0.5) is 0 Å². The van der Waals surface area contributed by atoms with E-state index in [1.807, 2.05) is 30.3 Å². The van der Waals surface area contributed by atoms with E-state index < -0.39 is 5.41 Å². The van der Waals surface area contributed by atoms with Crippen molar-refractivity contribution in [3.05, 3.63) is 133 Å². The van der Waals surface area contributed by atoms with E-state index in [1.165, 1.54) is 16.7 Å². The first kappa shape index (κ1) is 28.2. The van der Waals surface area contributed by atoms with E-state index >= 15 is 0 Å². The molecular formula is C36H36O5. The highest BCUT2D eigenvalue weighted by atomic mass is 16.5. The van der Waals surface area contributed by atoms with Crippen molar-refractivity contribution in [2.75, 3.05) is 39.6 Å². The van der Waals surface area contributed by atoms with Crippen molar-refractivity contribution < 1.29 is 23.7 Å². The molecule has 4 aromatic carbocycles. The second-order valence-corrected chi connectivity index (χ2v) is 9.91. The lowest BCUT2D eigenvalue weighted by Crippen LogP contribution is -2.29. The average molecular weight is 549 g/mol. The number of ether oxygens (including phenoxy) is 5. The number of fused-ring (bicyclic) bond motifs is 2. The maximum atomic E-state index is 6.51. The van der Waals surface area contributed by atoms with Gasteiger partial charge in [0.15, 0.2) is 0 Å². The van der Waals surface area contributed by atoms with Crippen molar-refractivity contribution in [1.82, 2.24) is 0 Å². The average Bonchev–Trinajstić information content (AvgIpc) is 3.01. The molecule has 0 aliphatic carbocycles. The van der Waals surface area contributed by atoms with Gasteiger partial charge in [0.05, 0.1) is 26.4 Å². The van der Waals surface area contributed by atoms with E-state index in [0.29, 0.717) is 39.6 Å². The van der Waals surface area contributed by atoms with Gasteiger partial charge in [0.1, 0.15) is 36.2 Å². The van der Waals surface area contributed by atoms with Crippen LogP contribution in [0.1, 0.15) is 23.6 Å². The molecule has 0 radical (unpaired) electrons. The Balaban J connectivity index is 1.47. The Hall–Kier alpha value is -4.32. The zero-order valence-electron chi connectivity index (χ0n) is 23.5. The summed E-state index contributed by atoms with van der Waals surface area (Å²) in [7, 11) is 0. The lowest BCUT2D eigenvalue weighted by atomic mass is 9.69. The smallest absolute Gasteiger partial charge is 0.135 e. The normalized spacial score (nSPS) is 12.9. The van der Waals surface area contributed by atoms with Gasteiger partial charge in [-0.05, 0) is 35.7 Å². The molecular weight excluding hydrogens is 512 g/mol. The van der Waals surface area contributed by atoms with Gasteiger partial charge in [0.25, 0.3) is 0 Å². The molecule has 5 rings (SSSR count). The molecule has 4 aromatic rings. The van der Waals surface area contributed by atoms with E-state index in [2.05, 4.69) is 80.7 Å². The van der Waals surface area contributed by atoms with Crippen LogP contribution in [0, 0.1) is 0 Å². The predicted molar refractivity (Wildman–Crippen MR) is 163 cm³/mol. The highest BCUT2D eigenvalue weighted by Gasteiger charge is 2.40. The number of benzene rings is 4. The fraction of sp³-hybridized carbons (Fsp3) is 0.222. The third-order valence-electron chi connectivity index (χ3n) is 7.24. The van der Waals surface area contributed by atoms with E-state index in [4.69, 9.17) is 23.7 Å². The topological polar surface area (TPSA) is 46.2 Å². The number of rotatable bonds is 14. The summed E-state index contributed by atoms with van der Waals surface area (Å²) in [5.41, 5.74) is 5.21. The standard InChI is InChI=1S/C36H36O5/c1-4-19-37-21-23-39-30-15-17-32-34(25-30)41-35-26-31(40-24-22-38-20-5-2)16-18-33(35)36(32,3)29-13-11-28(12-14-29)27-9-7-6-8-10-27/h4-18,25-26H,1-2,19-24H2,3H3. The fourth-order valence-corrected chi connectivity index (χ4v) is 5.15. The Kier molecular flexibility index (Phi) is 9.19. The van der Waals surface area contributed by atoms with Crippen molar-refractivity contribution in [3.63, 3.8) is 0 Å². The first-order valence-corrected chi connectivity index (χ1v) is 13.9. The van der Waals surface area contributed by atoms with Gasteiger partial charge in [0.2, 0.25) is 0 Å². The maximum absolute atomic E-state index is 6.51. The molecule has 0 aromatic heterocycles. The Morgan fingerprint density at radius 3 is 1.66 bits per heavy atom. The molecule has 5 heteroatoms. The van der Waals surface area contributed by atoms with Crippen molar-refractivity contribution >= 4 is 0 Å². The van der Waals surface area contributed by atoms with Crippen LogP contribution >= 0.6 is 0 Å². The van der Waals surface area contributed by atoms with Gasteiger partial charge in [-0.25, -0.2) is 0 Å². The molecule has 0 unspecified atom stereocenters. The molecule has 5 nitrogen and oxygen atoms in total. The van der Waals surface area contributed by atoms with Crippen LogP contribution in [0.15, 0.2) is 116 Å². The minimum absolute atomic E-state index is 0.438. The molecule has 0 atom stereocenters. The van der Waals surface area contributed by atoms with Gasteiger partial charge in [-0.3, -0.25) is 0 Å². The van der Waals surface area contributed by atoms with Crippen LogP contribution in [0.5, 0.6) is 23.0 Å². The Morgan fingerprint density at radius 1 is 0.634 bits per heavy atom. The number of hydrogen-bond donors (Lipinski definition) is 0. The van der Waals surface area contributed by atoms with Crippen LogP contribution in [-0.2, 0) is 14.9 Å². The monoisotopic (exact) mass is 548 g/mol. The summed E-state index contributed by atoms with van der Waals surface area (Å²) in [6.45, 7) is 12.4. The molecule has 0 saturated heterocycles. The summed E-state index contributed by atoms with van der Waals surface area (Å²) in [6.07, 6.45) is 3.45. The molecule has 0 amide bonds. The summed E-state index contributed by atoms with van der Waals surface area (Å²) >= 11 is 0. The highest BCUT2D eigenvalue weighted by molar-refractivity contribution is 5.68. The van der Waals surface area contributed by atoms with Gasteiger partial charge in [0, 0.05) is 28.7 Å². The molecule has 0 bridgehead atoms. The molecule has 0 spiro atoms. The van der Waals surface area contributed by atoms with Crippen molar-refractivity contribution in [2.24, 2.45) is 0 Å². The Labute approximate surface area is 242 Å². The molecule has 1 aliphatic rings. The van der Waals surface area contributed by atoms with Gasteiger partial charge in [-0.15, -0.1) is 13.2 Å². The number of hydrogen-bond acceptors (Lipinski definition) is 5. The second kappa shape index (κ2) is 13.4. The Morgan fingerprint density at radius 2 is 1.15 bits per heavy atom. The molecule has 1 aliphatic heterocycles. The van der Waals surface area contributed by atoms with Crippen molar-refractivity contribution in [1.29, 1.82) is 0 Å². The zero-order valence-corrected chi connectivity index (χ0v) is 23.5. The van der Waals surface area contributed by atoms with Crippen LogP contribution in [0.2, 0.25) is 0 Å². The summed E-state index contributed by atoms with van der Waals surface area (Å²) in [5, 5.41) is 0. The van der Waals surface area contributed by atoms with Gasteiger partial charge < -0.3 is 23.7 Å². The summed E-state index contributed by atoms with van der Waals surface area (Å²) < 4.78 is 29.4. The van der Waals surface area contributed by atoms with Crippen LogP contribution in [0.25, 0.3) is 11.1 Å². The first-order chi connectivity index (χ1) is 20.1. The molecule has 210 valence electrons. The Bertz CT molecular complexity index is 1390. The zero-order chi connectivity index (χ0) is 28.5. The SMILES string of the molecule is C=CCOCCOc1ccc2c(c1)Oc1cc(OCCOCC=C)ccc1C2(C)c1ccc(-c2ccccc2)cc1. The second-order valence-electron chi connectivity index (χ2n) is 9.91.